The molecule has 0 N–H and O–H groups in total. The Morgan fingerprint density at radius 2 is 2.17 bits per heavy atom. The molecule has 1 aromatic carbocycles. The first kappa shape index (κ1) is 14.1. The molecule has 1 heterocycles. The average molecular weight is 308 g/mol. The van der Waals surface area contributed by atoms with Crippen LogP contribution in [0, 0.1) is 5.92 Å². The van der Waals surface area contributed by atoms with Gasteiger partial charge >= 0.3 is 0 Å². The lowest BCUT2D eigenvalue weighted by molar-refractivity contribution is 0.375. The molecule has 1 aliphatic heterocycles. The van der Waals surface area contributed by atoms with Crippen LogP contribution in [-0.4, -0.2) is 31.2 Å². The number of nitrogens with zero attached hydrogens (tertiary/aromatic N) is 1. The summed E-state index contributed by atoms with van der Waals surface area (Å²) >= 11 is 11.7. The Balaban J connectivity index is 2.37. The molecule has 0 radical (unpaired) electrons. The van der Waals surface area contributed by atoms with Gasteiger partial charge in [0.2, 0.25) is 10.0 Å². The van der Waals surface area contributed by atoms with Crippen LogP contribution in [-0.2, 0) is 10.0 Å². The van der Waals surface area contributed by atoms with Gasteiger partial charge in [-0.2, -0.15) is 4.31 Å². The highest BCUT2D eigenvalue weighted by molar-refractivity contribution is 7.89. The molecule has 6 heteroatoms. The van der Waals surface area contributed by atoms with Gasteiger partial charge in [0.25, 0.3) is 0 Å². The highest BCUT2D eigenvalue weighted by atomic mass is 35.5. The lowest BCUT2D eigenvalue weighted by Crippen LogP contribution is -2.38. The molecule has 2 unspecified atom stereocenters. The maximum atomic E-state index is 12.5. The second kappa shape index (κ2) is 5.37. The van der Waals surface area contributed by atoms with Crippen LogP contribution < -0.4 is 0 Å². The Morgan fingerprint density at radius 3 is 2.78 bits per heavy atom. The number of sulfonamides is 1. The lowest BCUT2D eigenvalue weighted by Gasteiger charge is -2.24. The molecule has 18 heavy (non-hydrogen) atoms. The molecule has 0 amide bonds. The van der Waals surface area contributed by atoms with Gasteiger partial charge in [-0.1, -0.05) is 24.6 Å². The third-order valence-corrected chi connectivity index (χ3v) is 5.86. The molecule has 1 fully saturated rings. The fraction of sp³-hybridized carbons (Fsp3) is 0.500. The number of hydrogen-bond acceptors (Lipinski definition) is 2. The van der Waals surface area contributed by atoms with E-state index >= 15 is 0 Å². The summed E-state index contributed by atoms with van der Waals surface area (Å²) in [5, 5.41) is 0.422. The van der Waals surface area contributed by atoms with Crippen LogP contribution in [0.3, 0.4) is 0 Å². The van der Waals surface area contributed by atoms with Gasteiger partial charge in [0.15, 0.2) is 0 Å². The average Bonchev–Trinajstić information content (AvgIpc) is 2.71. The Hall–Kier alpha value is -0.290. The van der Waals surface area contributed by atoms with Crippen LogP contribution in [0.5, 0.6) is 0 Å². The minimum atomic E-state index is -3.49. The maximum absolute atomic E-state index is 12.5. The highest BCUT2D eigenvalue weighted by Crippen LogP contribution is 2.31. The van der Waals surface area contributed by atoms with Gasteiger partial charge < -0.3 is 0 Å². The van der Waals surface area contributed by atoms with Crippen LogP contribution in [0.25, 0.3) is 0 Å². The summed E-state index contributed by atoms with van der Waals surface area (Å²) in [6.45, 7) is 2.55. The molecule has 1 aliphatic rings. The minimum Gasteiger partial charge on any atom is -0.207 e. The number of rotatable bonds is 3. The lowest BCUT2D eigenvalue weighted by atomic mass is 10.1. The van der Waals surface area contributed by atoms with Gasteiger partial charge in [0.05, 0.1) is 4.90 Å². The van der Waals surface area contributed by atoms with Crippen LogP contribution in [0.15, 0.2) is 29.2 Å². The molecule has 1 saturated heterocycles. The predicted octanol–water partition coefficient (Wildman–Crippen LogP) is 2.98. The SMILES string of the molecule is CC1CCN(S(=O)(=O)c2cccc(Cl)c2)C1CCl. The number of halogens is 2. The number of hydrogen-bond donors (Lipinski definition) is 0. The number of benzene rings is 1. The second-order valence-electron chi connectivity index (χ2n) is 4.56. The Morgan fingerprint density at radius 1 is 1.44 bits per heavy atom. The molecule has 0 spiro atoms. The third kappa shape index (κ3) is 2.52. The van der Waals surface area contributed by atoms with Crippen molar-refractivity contribution in [2.75, 3.05) is 12.4 Å². The van der Waals surface area contributed by atoms with E-state index in [1.54, 1.807) is 18.2 Å². The van der Waals surface area contributed by atoms with E-state index in [1.165, 1.54) is 10.4 Å². The Kier molecular flexibility index (Phi) is 4.22. The van der Waals surface area contributed by atoms with E-state index in [0.717, 1.165) is 6.42 Å². The molecule has 3 nitrogen and oxygen atoms in total. The monoisotopic (exact) mass is 307 g/mol. The number of alkyl halides is 1. The normalized spacial score (nSPS) is 25.5. The van der Waals surface area contributed by atoms with Crippen molar-refractivity contribution in [3.8, 4) is 0 Å². The molecule has 2 rings (SSSR count). The molecule has 2 atom stereocenters. The van der Waals surface area contributed by atoms with E-state index in [0.29, 0.717) is 17.4 Å². The summed E-state index contributed by atoms with van der Waals surface area (Å²) in [6, 6.07) is 6.22. The molecule has 0 saturated carbocycles. The molecule has 1 aromatic rings. The predicted molar refractivity (Wildman–Crippen MR) is 73.6 cm³/mol. The van der Waals surface area contributed by atoms with Crippen LogP contribution >= 0.6 is 23.2 Å². The summed E-state index contributed by atoms with van der Waals surface area (Å²) in [6.07, 6.45) is 0.844. The summed E-state index contributed by atoms with van der Waals surface area (Å²) < 4.78 is 26.5. The second-order valence-corrected chi connectivity index (χ2v) is 7.20. The van der Waals surface area contributed by atoms with Gasteiger partial charge in [-0.15, -0.1) is 11.6 Å². The van der Waals surface area contributed by atoms with Crippen molar-refractivity contribution in [2.24, 2.45) is 5.92 Å². The zero-order valence-electron chi connectivity index (χ0n) is 10.0. The largest absolute Gasteiger partial charge is 0.243 e. The summed E-state index contributed by atoms with van der Waals surface area (Å²) in [5.41, 5.74) is 0. The van der Waals surface area contributed by atoms with Gasteiger partial charge in [0.1, 0.15) is 0 Å². The Bertz CT molecular complexity index is 533. The van der Waals surface area contributed by atoms with E-state index in [2.05, 4.69) is 0 Å². The first-order valence-corrected chi connectivity index (χ1v) is 8.15. The maximum Gasteiger partial charge on any atom is 0.243 e. The standard InChI is InChI=1S/C12H15Cl2NO2S/c1-9-5-6-15(12(9)8-13)18(16,17)11-4-2-3-10(14)7-11/h2-4,7,9,12H,5-6,8H2,1H3. The van der Waals surface area contributed by atoms with E-state index < -0.39 is 10.0 Å². The first-order valence-electron chi connectivity index (χ1n) is 5.80. The van der Waals surface area contributed by atoms with E-state index in [4.69, 9.17) is 23.2 Å². The minimum absolute atomic E-state index is 0.129. The van der Waals surface area contributed by atoms with E-state index in [9.17, 15) is 8.42 Å². The van der Waals surface area contributed by atoms with E-state index in [1.807, 2.05) is 6.92 Å². The van der Waals surface area contributed by atoms with Crippen LogP contribution in [0.1, 0.15) is 13.3 Å². The summed E-state index contributed by atoms with van der Waals surface area (Å²) in [5.74, 6) is 0.609. The van der Waals surface area contributed by atoms with E-state index in [-0.39, 0.29) is 16.9 Å². The molecule has 0 bridgehead atoms. The molecular weight excluding hydrogens is 293 g/mol. The fourth-order valence-corrected chi connectivity index (χ4v) is 4.85. The van der Waals surface area contributed by atoms with Gasteiger partial charge in [-0.3, -0.25) is 0 Å². The van der Waals surface area contributed by atoms with Crippen molar-refractivity contribution < 1.29 is 8.42 Å². The van der Waals surface area contributed by atoms with Crippen molar-refractivity contribution in [2.45, 2.75) is 24.3 Å². The highest BCUT2D eigenvalue weighted by Gasteiger charge is 2.38. The smallest absolute Gasteiger partial charge is 0.207 e. The summed E-state index contributed by atoms with van der Waals surface area (Å²) in [4.78, 5) is 0.235. The zero-order valence-corrected chi connectivity index (χ0v) is 12.3. The Labute approximate surface area is 118 Å². The molecule has 0 aromatic heterocycles. The van der Waals surface area contributed by atoms with Crippen molar-refractivity contribution in [1.82, 2.24) is 4.31 Å². The van der Waals surface area contributed by atoms with Crippen molar-refractivity contribution in [3.05, 3.63) is 29.3 Å². The van der Waals surface area contributed by atoms with Crippen molar-refractivity contribution >= 4 is 33.2 Å². The zero-order chi connectivity index (χ0) is 13.3. The van der Waals surface area contributed by atoms with Gasteiger partial charge in [-0.25, -0.2) is 8.42 Å². The van der Waals surface area contributed by atoms with Crippen molar-refractivity contribution in [3.63, 3.8) is 0 Å². The summed E-state index contributed by atoms with van der Waals surface area (Å²) in [7, 11) is -3.49. The van der Waals surface area contributed by atoms with Gasteiger partial charge in [0, 0.05) is 23.5 Å². The topological polar surface area (TPSA) is 37.4 Å². The molecule has 0 aliphatic carbocycles. The van der Waals surface area contributed by atoms with Crippen LogP contribution in [0.2, 0.25) is 5.02 Å². The van der Waals surface area contributed by atoms with Crippen molar-refractivity contribution in [1.29, 1.82) is 0 Å². The van der Waals surface area contributed by atoms with Crippen LogP contribution in [0.4, 0.5) is 0 Å². The van der Waals surface area contributed by atoms with Gasteiger partial charge in [-0.05, 0) is 30.5 Å². The molecular formula is C12H15Cl2NO2S. The third-order valence-electron chi connectivity index (χ3n) is 3.39. The molecule has 100 valence electrons. The quantitative estimate of drug-likeness (QED) is 0.805. The fourth-order valence-electron chi connectivity index (χ4n) is 2.26. The first-order chi connectivity index (χ1) is 8.46.